The summed E-state index contributed by atoms with van der Waals surface area (Å²) in [4.78, 5) is 42.3. The summed E-state index contributed by atoms with van der Waals surface area (Å²) in [6.07, 6.45) is 25.2. The molecule has 1 fully saturated rings. The standard InChI is InChI=1S/C22H28O3.C18H26.C4H2O3/c1-3-18(19-12-8-5-9-13-19)11-7-4-6-10-17(2)14-15-20-16-21(23)25-22(20)24;1-4-16(3)12-8-6-9-13-17(5-2)18-14-10-7-11-15-18;5-3-1-2-4(6)7-3/h4-5,7-9,12-14,18,20H,3,6,10-11,15-16H2,1-2H3;4,6-7,9-11,14-17H,1,5,8,12-13H2,2-3H3;1-2H/b7-4+,17-14-;9-6+;. The molecule has 50 heavy (non-hydrogen) atoms. The second-order valence-electron chi connectivity index (χ2n) is 12.8. The second-order valence-corrected chi connectivity index (χ2v) is 12.8. The Labute approximate surface area is 300 Å². The zero-order valence-electron chi connectivity index (χ0n) is 30.4. The minimum Gasteiger partial charge on any atom is -0.393 e. The maximum Gasteiger partial charge on any atom is 0.338 e. The molecule has 0 spiro atoms. The highest BCUT2D eigenvalue weighted by Crippen LogP contribution is 2.25. The molecule has 2 aromatic rings. The molecule has 1 saturated heterocycles. The van der Waals surface area contributed by atoms with E-state index in [-0.39, 0.29) is 18.3 Å². The highest BCUT2D eigenvalue weighted by atomic mass is 16.6. The first-order valence-electron chi connectivity index (χ1n) is 18.0. The van der Waals surface area contributed by atoms with Crippen LogP contribution in [0.4, 0.5) is 0 Å². The topological polar surface area (TPSA) is 86.7 Å². The third-order valence-corrected chi connectivity index (χ3v) is 8.87. The number of hydrogen-bond acceptors (Lipinski definition) is 6. The van der Waals surface area contributed by atoms with Crippen molar-refractivity contribution in [3.63, 3.8) is 0 Å². The predicted octanol–water partition coefficient (Wildman–Crippen LogP) is 10.7. The van der Waals surface area contributed by atoms with Gasteiger partial charge in [0.25, 0.3) is 0 Å². The van der Waals surface area contributed by atoms with Crippen LogP contribution in [0.3, 0.4) is 0 Å². The molecule has 2 aromatic carbocycles. The number of rotatable bonds is 17. The summed E-state index contributed by atoms with van der Waals surface area (Å²) in [6, 6.07) is 21.5. The Morgan fingerprint density at radius 1 is 0.780 bits per heavy atom. The molecule has 2 aliphatic heterocycles. The molecular formula is C44H56O6. The van der Waals surface area contributed by atoms with E-state index in [1.54, 1.807) is 0 Å². The van der Waals surface area contributed by atoms with E-state index in [0.29, 0.717) is 24.2 Å². The van der Waals surface area contributed by atoms with Gasteiger partial charge in [-0.05, 0) is 93.6 Å². The minimum absolute atomic E-state index is 0.223. The van der Waals surface area contributed by atoms with Crippen LogP contribution < -0.4 is 0 Å². The summed E-state index contributed by atoms with van der Waals surface area (Å²) in [6.45, 7) is 12.6. The van der Waals surface area contributed by atoms with Gasteiger partial charge in [-0.1, -0.05) is 123 Å². The van der Waals surface area contributed by atoms with E-state index in [1.807, 2.05) is 6.08 Å². The van der Waals surface area contributed by atoms with Gasteiger partial charge in [-0.15, -0.1) is 6.58 Å². The summed E-state index contributed by atoms with van der Waals surface area (Å²) in [5.74, 6) is -0.331. The molecule has 6 nitrogen and oxygen atoms in total. The molecule has 4 rings (SSSR count). The summed E-state index contributed by atoms with van der Waals surface area (Å²) in [7, 11) is 0. The van der Waals surface area contributed by atoms with Gasteiger partial charge < -0.3 is 9.47 Å². The van der Waals surface area contributed by atoms with E-state index >= 15 is 0 Å². The zero-order chi connectivity index (χ0) is 36.6. The Hall–Kier alpha value is -4.58. The van der Waals surface area contributed by atoms with Crippen molar-refractivity contribution in [1.82, 2.24) is 0 Å². The number of cyclic esters (lactones) is 4. The van der Waals surface area contributed by atoms with Crippen molar-refractivity contribution < 1.29 is 28.7 Å². The van der Waals surface area contributed by atoms with Crippen LogP contribution in [0, 0.1) is 11.8 Å². The van der Waals surface area contributed by atoms with Gasteiger partial charge in [-0.25, -0.2) is 9.59 Å². The van der Waals surface area contributed by atoms with Crippen LogP contribution in [0.1, 0.15) is 115 Å². The molecule has 268 valence electrons. The normalized spacial score (nSPS) is 17.4. The lowest BCUT2D eigenvalue weighted by atomic mass is 9.93. The molecule has 4 unspecified atom stereocenters. The van der Waals surface area contributed by atoms with Crippen molar-refractivity contribution in [2.45, 2.75) is 104 Å². The van der Waals surface area contributed by atoms with Gasteiger partial charge in [0.05, 0.1) is 12.3 Å². The quantitative estimate of drug-likeness (QED) is 0.0939. The van der Waals surface area contributed by atoms with Gasteiger partial charge in [0.15, 0.2) is 0 Å². The fourth-order valence-electron chi connectivity index (χ4n) is 5.52. The average molecular weight is 681 g/mol. The Bertz CT molecular complexity index is 1430. The molecule has 0 bridgehead atoms. The first kappa shape index (κ1) is 41.6. The lowest BCUT2D eigenvalue weighted by Crippen LogP contribution is -2.06. The monoisotopic (exact) mass is 680 g/mol. The van der Waals surface area contributed by atoms with Crippen molar-refractivity contribution in [2.75, 3.05) is 0 Å². The molecule has 0 aliphatic carbocycles. The smallest absolute Gasteiger partial charge is 0.338 e. The van der Waals surface area contributed by atoms with Gasteiger partial charge in [-0.2, -0.15) is 0 Å². The summed E-state index contributed by atoms with van der Waals surface area (Å²) in [5.41, 5.74) is 4.12. The number of carbonyl (C=O) groups excluding carboxylic acids is 4. The van der Waals surface area contributed by atoms with Crippen LogP contribution in [0.25, 0.3) is 0 Å². The van der Waals surface area contributed by atoms with Crippen molar-refractivity contribution >= 4 is 23.9 Å². The highest BCUT2D eigenvalue weighted by molar-refractivity contribution is 6.04. The van der Waals surface area contributed by atoms with Gasteiger partial charge in [-0.3, -0.25) is 9.59 Å². The van der Waals surface area contributed by atoms with Crippen LogP contribution in [0.15, 0.2) is 121 Å². The Kier molecular flexibility index (Phi) is 20.4. The molecule has 0 saturated carbocycles. The van der Waals surface area contributed by atoms with Crippen LogP contribution in [-0.4, -0.2) is 23.9 Å². The van der Waals surface area contributed by atoms with Gasteiger partial charge in [0.1, 0.15) is 0 Å². The molecular weight excluding hydrogens is 624 g/mol. The Balaban J connectivity index is 0.000000300. The van der Waals surface area contributed by atoms with Crippen LogP contribution in [0.5, 0.6) is 0 Å². The zero-order valence-corrected chi connectivity index (χ0v) is 30.4. The van der Waals surface area contributed by atoms with Crippen molar-refractivity contribution in [3.8, 4) is 0 Å². The summed E-state index contributed by atoms with van der Waals surface area (Å²) >= 11 is 0. The van der Waals surface area contributed by atoms with Crippen LogP contribution in [0.2, 0.25) is 0 Å². The van der Waals surface area contributed by atoms with E-state index in [2.05, 4.69) is 135 Å². The van der Waals surface area contributed by atoms with Crippen molar-refractivity contribution in [2.24, 2.45) is 11.8 Å². The SMILES string of the molecule is C=CC(C)CC/C=C/CC(CC)c1ccccc1.CCC(C/C=C/CC/C(C)=C\CC1CC(=O)OC1=O)c1ccccc1.O=C1C=CC(=O)O1. The maximum absolute atomic E-state index is 11.4. The Morgan fingerprint density at radius 2 is 1.30 bits per heavy atom. The van der Waals surface area contributed by atoms with Gasteiger partial charge in [0, 0.05) is 12.2 Å². The largest absolute Gasteiger partial charge is 0.393 e. The molecule has 0 aromatic heterocycles. The van der Waals surface area contributed by atoms with Crippen molar-refractivity contribution in [3.05, 3.63) is 133 Å². The average Bonchev–Trinajstić information content (AvgIpc) is 3.68. The van der Waals surface area contributed by atoms with E-state index in [1.165, 1.54) is 36.0 Å². The lowest BCUT2D eigenvalue weighted by Gasteiger charge is -2.12. The van der Waals surface area contributed by atoms with Crippen molar-refractivity contribution in [1.29, 1.82) is 0 Å². The predicted molar refractivity (Wildman–Crippen MR) is 202 cm³/mol. The number of hydrogen-bond donors (Lipinski definition) is 0. The molecule has 6 heteroatoms. The fraction of sp³-hybridized carbons (Fsp3) is 0.409. The molecule has 2 aliphatic rings. The number of esters is 4. The Morgan fingerprint density at radius 3 is 1.72 bits per heavy atom. The molecule has 0 radical (unpaired) electrons. The van der Waals surface area contributed by atoms with Gasteiger partial charge in [0.2, 0.25) is 0 Å². The van der Waals surface area contributed by atoms with Crippen LogP contribution >= 0.6 is 0 Å². The second kappa shape index (κ2) is 24.5. The molecule has 0 amide bonds. The first-order valence-corrected chi connectivity index (χ1v) is 18.0. The maximum atomic E-state index is 11.4. The number of ether oxygens (including phenoxy) is 2. The van der Waals surface area contributed by atoms with E-state index < -0.39 is 17.9 Å². The molecule has 2 heterocycles. The number of benzene rings is 2. The third kappa shape index (κ3) is 17.2. The number of allylic oxidation sites excluding steroid dienone is 7. The number of carbonyl (C=O) groups is 4. The first-order chi connectivity index (χ1) is 24.2. The minimum atomic E-state index is -0.579. The molecule has 4 atom stereocenters. The lowest BCUT2D eigenvalue weighted by molar-refractivity contribution is -0.153. The summed E-state index contributed by atoms with van der Waals surface area (Å²) in [5, 5.41) is 0. The van der Waals surface area contributed by atoms with E-state index in [4.69, 9.17) is 0 Å². The third-order valence-electron chi connectivity index (χ3n) is 8.87. The van der Waals surface area contributed by atoms with Crippen LogP contribution in [-0.2, 0) is 28.7 Å². The van der Waals surface area contributed by atoms with E-state index in [0.717, 1.165) is 44.3 Å². The van der Waals surface area contributed by atoms with E-state index in [9.17, 15) is 19.2 Å². The van der Waals surface area contributed by atoms with Gasteiger partial charge >= 0.3 is 23.9 Å². The fourth-order valence-corrected chi connectivity index (χ4v) is 5.52. The highest BCUT2D eigenvalue weighted by Gasteiger charge is 2.32. The summed E-state index contributed by atoms with van der Waals surface area (Å²) < 4.78 is 8.54. The molecule has 0 N–H and O–H groups in total.